The first kappa shape index (κ1) is 10.7. The first-order valence-electron chi connectivity index (χ1n) is 5.77. The van der Waals surface area contributed by atoms with E-state index in [2.05, 4.69) is 41.3 Å². The molecule has 0 bridgehead atoms. The van der Waals surface area contributed by atoms with Crippen LogP contribution in [0.3, 0.4) is 0 Å². The molecule has 2 heterocycles. The fraction of sp³-hybridized carbons (Fsp3) is 0. The van der Waals surface area contributed by atoms with Gasteiger partial charge in [-0.3, -0.25) is 4.98 Å². The van der Waals surface area contributed by atoms with Crippen molar-refractivity contribution in [3.05, 3.63) is 60.9 Å². The zero-order valence-corrected chi connectivity index (χ0v) is 9.93. The van der Waals surface area contributed by atoms with Gasteiger partial charge in [0.05, 0.1) is 16.7 Å². The van der Waals surface area contributed by atoms with E-state index in [0.717, 1.165) is 33.1 Å². The lowest BCUT2D eigenvalue weighted by Crippen LogP contribution is -1.91. The third-order valence-electron chi connectivity index (χ3n) is 3.03. The van der Waals surface area contributed by atoms with Gasteiger partial charge in [0.25, 0.3) is 0 Å². The number of benzene rings is 1. The molecule has 0 unspecified atom stereocenters. The van der Waals surface area contributed by atoms with Gasteiger partial charge < -0.3 is 0 Å². The van der Waals surface area contributed by atoms with Crippen molar-refractivity contribution in [3.63, 3.8) is 0 Å². The Bertz CT molecular complexity index is 772. The van der Waals surface area contributed by atoms with Crippen LogP contribution in [0.1, 0.15) is 11.3 Å². The molecule has 0 N–H and O–H groups in total. The quantitative estimate of drug-likeness (QED) is 0.622. The normalized spacial score (nSPS) is 10.7. The van der Waals surface area contributed by atoms with E-state index in [1.807, 2.05) is 12.1 Å². The Hall–Kier alpha value is -2.48. The fourth-order valence-corrected chi connectivity index (χ4v) is 2.13. The van der Waals surface area contributed by atoms with Crippen LogP contribution in [-0.2, 0) is 0 Å². The standard InChI is InChI=1S/C16H12N2/c1-3-11-10-13-8-7-12-6-5-9-17-15(12)16(13)18-14(11)4-2/h3-10H,1-2H2. The van der Waals surface area contributed by atoms with Crippen molar-refractivity contribution in [1.82, 2.24) is 9.97 Å². The molecule has 0 fully saturated rings. The fourth-order valence-electron chi connectivity index (χ4n) is 2.13. The molecule has 2 aromatic heterocycles. The summed E-state index contributed by atoms with van der Waals surface area (Å²) in [4.78, 5) is 9.06. The van der Waals surface area contributed by atoms with Gasteiger partial charge in [0.2, 0.25) is 0 Å². The minimum atomic E-state index is 0.843. The van der Waals surface area contributed by atoms with Gasteiger partial charge in [-0.25, -0.2) is 4.98 Å². The zero-order valence-electron chi connectivity index (χ0n) is 9.93. The van der Waals surface area contributed by atoms with Crippen molar-refractivity contribution in [2.45, 2.75) is 0 Å². The largest absolute Gasteiger partial charge is 0.254 e. The maximum Gasteiger partial charge on any atom is 0.0972 e. The van der Waals surface area contributed by atoms with Gasteiger partial charge in [0, 0.05) is 22.5 Å². The molecule has 1 aromatic carbocycles. The van der Waals surface area contributed by atoms with E-state index in [1.54, 1.807) is 18.3 Å². The van der Waals surface area contributed by atoms with Crippen molar-refractivity contribution in [1.29, 1.82) is 0 Å². The number of nitrogens with zero attached hydrogens (tertiary/aromatic N) is 2. The summed E-state index contributed by atoms with van der Waals surface area (Å²) < 4.78 is 0. The van der Waals surface area contributed by atoms with E-state index in [0.29, 0.717) is 0 Å². The lowest BCUT2D eigenvalue weighted by atomic mass is 10.1. The Kier molecular flexibility index (Phi) is 2.41. The average molecular weight is 232 g/mol. The van der Waals surface area contributed by atoms with E-state index < -0.39 is 0 Å². The van der Waals surface area contributed by atoms with E-state index in [1.165, 1.54) is 0 Å². The van der Waals surface area contributed by atoms with Crippen molar-refractivity contribution in [2.75, 3.05) is 0 Å². The van der Waals surface area contributed by atoms with E-state index in [4.69, 9.17) is 0 Å². The van der Waals surface area contributed by atoms with Gasteiger partial charge in [-0.2, -0.15) is 0 Å². The molecule has 2 heteroatoms. The summed E-state index contributed by atoms with van der Waals surface area (Å²) in [6.45, 7) is 7.60. The Morgan fingerprint density at radius 2 is 1.78 bits per heavy atom. The van der Waals surface area contributed by atoms with Crippen LogP contribution in [0.2, 0.25) is 0 Å². The molecule has 18 heavy (non-hydrogen) atoms. The second-order valence-electron chi connectivity index (χ2n) is 4.08. The van der Waals surface area contributed by atoms with Crippen molar-refractivity contribution in [3.8, 4) is 0 Å². The van der Waals surface area contributed by atoms with Gasteiger partial charge in [-0.15, -0.1) is 0 Å². The lowest BCUT2D eigenvalue weighted by molar-refractivity contribution is 1.34. The highest BCUT2D eigenvalue weighted by Gasteiger charge is 2.06. The zero-order chi connectivity index (χ0) is 12.5. The average Bonchev–Trinajstić information content (AvgIpc) is 2.45. The molecule has 2 nitrogen and oxygen atoms in total. The Morgan fingerprint density at radius 3 is 2.56 bits per heavy atom. The molecule has 0 saturated carbocycles. The molecule has 3 aromatic rings. The highest BCUT2D eigenvalue weighted by atomic mass is 14.7. The minimum absolute atomic E-state index is 0.843. The predicted molar refractivity (Wildman–Crippen MR) is 77.2 cm³/mol. The second kappa shape index (κ2) is 4.08. The molecular formula is C16H12N2. The summed E-state index contributed by atoms with van der Waals surface area (Å²) in [5.74, 6) is 0. The Balaban J connectivity index is 2.50. The summed E-state index contributed by atoms with van der Waals surface area (Å²) in [5, 5.41) is 2.17. The topological polar surface area (TPSA) is 25.8 Å². The second-order valence-corrected chi connectivity index (χ2v) is 4.08. The Morgan fingerprint density at radius 1 is 0.944 bits per heavy atom. The van der Waals surface area contributed by atoms with E-state index in [9.17, 15) is 0 Å². The molecule has 3 rings (SSSR count). The van der Waals surface area contributed by atoms with Crippen molar-refractivity contribution < 1.29 is 0 Å². The molecule has 0 atom stereocenters. The number of pyridine rings is 2. The van der Waals surface area contributed by atoms with E-state index >= 15 is 0 Å². The van der Waals surface area contributed by atoms with Gasteiger partial charge >= 0.3 is 0 Å². The van der Waals surface area contributed by atoms with Crippen LogP contribution < -0.4 is 0 Å². The maximum absolute atomic E-state index is 4.64. The number of rotatable bonds is 2. The highest BCUT2D eigenvalue weighted by molar-refractivity contribution is 6.03. The van der Waals surface area contributed by atoms with Gasteiger partial charge in [-0.05, 0) is 18.2 Å². The molecule has 0 aliphatic heterocycles. The smallest absolute Gasteiger partial charge is 0.0972 e. The van der Waals surface area contributed by atoms with Crippen LogP contribution in [0.4, 0.5) is 0 Å². The monoisotopic (exact) mass is 232 g/mol. The first-order chi connectivity index (χ1) is 8.83. The summed E-state index contributed by atoms with van der Waals surface area (Å²) in [7, 11) is 0. The van der Waals surface area contributed by atoms with Crippen LogP contribution in [0.15, 0.2) is 49.7 Å². The van der Waals surface area contributed by atoms with Gasteiger partial charge in [-0.1, -0.05) is 37.4 Å². The van der Waals surface area contributed by atoms with Crippen LogP contribution >= 0.6 is 0 Å². The summed E-state index contributed by atoms with van der Waals surface area (Å²) in [6.07, 6.45) is 5.34. The van der Waals surface area contributed by atoms with Crippen LogP contribution in [0.25, 0.3) is 34.0 Å². The molecule has 0 radical (unpaired) electrons. The highest BCUT2D eigenvalue weighted by Crippen LogP contribution is 2.24. The van der Waals surface area contributed by atoms with Crippen molar-refractivity contribution in [2.24, 2.45) is 0 Å². The van der Waals surface area contributed by atoms with Crippen LogP contribution in [0.5, 0.6) is 0 Å². The van der Waals surface area contributed by atoms with Gasteiger partial charge in [0.15, 0.2) is 0 Å². The minimum Gasteiger partial charge on any atom is -0.254 e. The third kappa shape index (κ3) is 1.51. The summed E-state index contributed by atoms with van der Waals surface area (Å²) in [5.41, 5.74) is 3.67. The van der Waals surface area contributed by atoms with Crippen LogP contribution in [0, 0.1) is 0 Å². The third-order valence-corrected chi connectivity index (χ3v) is 3.03. The predicted octanol–water partition coefficient (Wildman–Crippen LogP) is 4.07. The number of fused-ring (bicyclic) bond motifs is 3. The number of hydrogen-bond donors (Lipinski definition) is 0. The first-order valence-corrected chi connectivity index (χ1v) is 5.77. The number of hydrogen-bond acceptors (Lipinski definition) is 2. The molecule has 0 aliphatic carbocycles. The molecule has 0 aliphatic rings. The molecule has 0 spiro atoms. The SMILES string of the molecule is C=Cc1cc2ccc3cccnc3c2nc1C=C. The molecular weight excluding hydrogens is 220 g/mol. The lowest BCUT2D eigenvalue weighted by Gasteiger charge is -2.06. The van der Waals surface area contributed by atoms with Crippen molar-refractivity contribution >= 4 is 34.0 Å². The Labute approximate surface area is 105 Å². The van der Waals surface area contributed by atoms with Gasteiger partial charge in [0.1, 0.15) is 0 Å². The molecule has 86 valence electrons. The molecule has 0 saturated heterocycles. The maximum atomic E-state index is 4.64. The summed E-state index contributed by atoms with van der Waals surface area (Å²) >= 11 is 0. The molecule has 0 amide bonds. The number of aromatic nitrogens is 2. The summed E-state index contributed by atoms with van der Waals surface area (Å²) in [6, 6.07) is 10.2. The van der Waals surface area contributed by atoms with Crippen LogP contribution in [-0.4, -0.2) is 9.97 Å². The van der Waals surface area contributed by atoms with E-state index in [-0.39, 0.29) is 0 Å².